The minimum absolute atomic E-state index is 0.0168. The second-order valence-corrected chi connectivity index (χ2v) is 11.6. The highest BCUT2D eigenvalue weighted by Gasteiger charge is 2.23. The summed E-state index contributed by atoms with van der Waals surface area (Å²) in [6, 6.07) is 10.2. The van der Waals surface area contributed by atoms with E-state index in [4.69, 9.17) is 9.47 Å². The summed E-state index contributed by atoms with van der Waals surface area (Å²) < 4.78 is 63.1. The third-order valence-corrected chi connectivity index (χ3v) is 7.63. The van der Waals surface area contributed by atoms with Crippen molar-refractivity contribution in [2.75, 3.05) is 30.0 Å². The second kappa shape index (κ2) is 11.1. The average Bonchev–Trinajstić information content (AvgIpc) is 2.75. The number of hydrogen-bond acceptors (Lipinski definition) is 7. The van der Waals surface area contributed by atoms with E-state index in [2.05, 4.69) is 10.0 Å². The molecule has 12 heteroatoms. The summed E-state index contributed by atoms with van der Waals surface area (Å²) in [5, 5.41) is 2.68. The Hall–Kier alpha value is -2.83. The van der Waals surface area contributed by atoms with E-state index in [1.54, 1.807) is 45.0 Å². The van der Waals surface area contributed by atoms with Crippen molar-refractivity contribution >= 4 is 37.3 Å². The van der Waals surface area contributed by atoms with Gasteiger partial charge in [0.05, 0.1) is 29.6 Å². The number of ether oxygens (including phenoxy) is 2. The summed E-state index contributed by atoms with van der Waals surface area (Å²) in [7, 11) is -4.33. The standard InChI is InChI=1S/C22H31N3O7S2/c1-7-20(32-17-10-8-16(9-11-17)25(4)33(6,27)28)22(26)23-19-14-18(12-13-21(19)31-5)34(29,30)24-15(2)3/h8-15,20,24H,7H2,1-6H3,(H,23,26)/t20-/m1/s1. The minimum Gasteiger partial charge on any atom is -0.495 e. The third-order valence-electron chi connectivity index (χ3n) is 4.77. The number of rotatable bonds is 11. The van der Waals surface area contributed by atoms with Crippen LogP contribution in [-0.4, -0.2) is 55.3 Å². The molecule has 34 heavy (non-hydrogen) atoms. The monoisotopic (exact) mass is 513 g/mol. The molecule has 0 aromatic heterocycles. The molecule has 1 amide bonds. The van der Waals surface area contributed by atoms with E-state index in [1.165, 1.54) is 32.4 Å². The van der Waals surface area contributed by atoms with Gasteiger partial charge >= 0.3 is 0 Å². The molecule has 0 aliphatic rings. The van der Waals surface area contributed by atoms with Crippen molar-refractivity contribution in [2.45, 2.75) is 44.2 Å². The molecular weight excluding hydrogens is 482 g/mol. The zero-order valence-corrected chi connectivity index (χ0v) is 21.7. The summed E-state index contributed by atoms with van der Waals surface area (Å²) in [5.74, 6) is 0.168. The second-order valence-electron chi connectivity index (χ2n) is 7.87. The smallest absolute Gasteiger partial charge is 0.265 e. The normalized spacial score (nSPS) is 12.8. The van der Waals surface area contributed by atoms with Crippen molar-refractivity contribution in [3.63, 3.8) is 0 Å². The van der Waals surface area contributed by atoms with E-state index >= 15 is 0 Å². The first kappa shape index (κ1) is 27.4. The predicted molar refractivity (Wildman–Crippen MR) is 131 cm³/mol. The highest BCUT2D eigenvalue weighted by atomic mass is 32.2. The summed E-state index contributed by atoms with van der Waals surface area (Å²) in [5.41, 5.74) is 0.636. The molecule has 10 nitrogen and oxygen atoms in total. The van der Waals surface area contributed by atoms with Crippen LogP contribution < -0.4 is 23.8 Å². The molecule has 0 saturated carbocycles. The Morgan fingerprint density at radius 1 is 1.06 bits per heavy atom. The molecule has 0 unspecified atom stereocenters. The van der Waals surface area contributed by atoms with Crippen LogP contribution in [-0.2, 0) is 24.8 Å². The first-order valence-electron chi connectivity index (χ1n) is 10.5. The Balaban J connectivity index is 2.22. The van der Waals surface area contributed by atoms with Gasteiger partial charge in [-0.1, -0.05) is 6.92 Å². The highest BCUT2D eigenvalue weighted by Crippen LogP contribution is 2.28. The van der Waals surface area contributed by atoms with Gasteiger partial charge in [-0.2, -0.15) is 0 Å². The van der Waals surface area contributed by atoms with E-state index in [9.17, 15) is 21.6 Å². The van der Waals surface area contributed by atoms with Crippen LogP contribution in [0.5, 0.6) is 11.5 Å². The molecule has 0 fully saturated rings. The van der Waals surface area contributed by atoms with E-state index in [-0.39, 0.29) is 16.6 Å². The highest BCUT2D eigenvalue weighted by molar-refractivity contribution is 7.92. The lowest BCUT2D eigenvalue weighted by Crippen LogP contribution is -2.33. The molecule has 0 bridgehead atoms. The number of benzene rings is 2. The van der Waals surface area contributed by atoms with Gasteiger partial charge in [-0.05, 0) is 62.7 Å². The van der Waals surface area contributed by atoms with Gasteiger partial charge in [0.25, 0.3) is 5.91 Å². The fraction of sp³-hybridized carbons (Fsp3) is 0.409. The average molecular weight is 514 g/mol. The van der Waals surface area contributed by atoms with Crippen LogP contribution in [0.4, 0.5) is 11.4 Å². The molecule has 0 radical (unpaired) electrons. The van der Waals surface area contributed by atoms with Crippen molar-refractivity contribution in [2.24, 2.45) is 0 Å². The van der Waals surface area contributed by atoms with Gasteiger partial charge in [-0.25, -0.2) is 21.6 Å². The Morgan fingerprint density at radius 2 is 1.68 bits per heavy atom. The minimum atomic E-state index is -3.77. The van der Waals surface area contributed by atoms with Crippen LogP contribution in [0, 0.1) is 0 Å². The fourth-order valence-electron chi connectivity index (χ4n) is 2.96. The number of carbonyl (C=O) groups excluding carboxylic acids is 1. The Kier molecular flexibility index (Phi) is 8.92. The number of anilines is 2. The van der Waals surface area contributed by atoms with Crippen LogP contribution >= 0.6 is 0 Å². The lowest BCUT2D eigenvalue weighted by molar-refractivity contribution is -0.122. The number of carbonyl (C=O) groups is 1. The maximum Gasteiger partial charge on any atom is 0.265 e. The number of nitrogens with zero attached hydrogens (tertiary/aromatic N) is 1. The number of sulfonamides is 2. The zero-order valence-electron chi connectivity index (χ0n) is 20.0. The van der Waals surface area contributed by atoms with Gasteiger partial charge in [0.15, 0.2) is 6.10 Å². The van der Waals surface area contributed by atoms with Crippen LogP contribution in [0.2, 0.25) is 0 Å². The Labute approximate surface area is 201 Å². The van der Waals surface area contributed by atoms with Crippen molar-refractivity contribution in [1.82, 2.24) is 4.72 Å². The van der Waals surface area contributed by atoms with Gasteiger partial charge in [0, 0.05) is 13.1 Å². The lowest BCUT2D eigenvalue weighted by atomic mass is 10.2. The van der Waals surface area contributed by atoms with Crippen molar-refractivity contribution < 1.29 is 31.1 Å². The topological polar surface area (TPSA) is 131 Å². The van der Waals surface area contributed by atoms with Gasteiger partial charge in [0.2, 0.25) is 20.0 Å². The Morgan fingerprint density at radius 3 is 2.18 bits per heavy atom. The number of methoxy groups -OCH3 is 1. The largest absolute Gasteiger partial charge is 0.495 e. The zero-order chi connectivity index (χ0) is 25.7. The summed E-state index contributed by atoms with van der Waals surface area (Å²) in [6.07, 6.45) is 0.533. The quantitative estimate of drug-likeness (QED) is 0.472. The number of amides is 1. The van der Waals surface area contributed by atoms with Crippen LogP contribution in [0.3, 0.4) is 0 Å². The maximum atomic E-state index is 12.9. The molecule has 0 aliphatic carbocycles. The van der Waals surface area contributed by atoms with E-state index in [0.29, 0.717) is 23.6 Å². The summed E-state index contributed by atoms with van der Waals surface area (Å²) in [4.78, 5) is 12.9. The molecule has 2 N–H and O–H groups in total. The predicted octanol–water partition coefficient (Wildman–Crippen LogP) is 2.57. The Bertz CT molecular complexity index is 1210. The molecule has 188 valence electrons. The first-order chi connectivity index (χ1) is 15.8. The molecule has 1 atom stereocenters. The molecule has 2 aromatic rings. The SMILES string of the molecule is CC[C@@H](Oc1ccc(N(C)S(C)(=O)=O)cc1)C(=O)Nc1cc(S(=O)(=O)NC(C)C)ccc1OC. The molecule has 0 saturated heterocycles. The van der Waals surface area contributed by atoms with Crippen molar-refractivity contribution in [3.8, 4) is 11.5 Å². The van der Waals surface area contributed by atoms with Crippen molar-refractivity contribution in [1.29, 1.82) is 0 Å². The van der Waals surface area contributed by atoms with Crippen LogP contribution in [0.25, 0.3) is 0 Å². The van der Waals surface area contributed by atoms with Gasteiger partial charge < -0.3 is 14.8 Å². The van der Waals surface area contributed by atoms with Gasteiger partial charge in [-0.3, -0.25) is 9.10 Å². The van der Waals surface area contributed by atoms with E-state index < -0.39 is 32.1 Å². The third kappa shape index (κ3) is 7.08. The van der Waals surface area contributed by atoms with Crippen LogP contribution in [0.15, 0.2) is 47.4 Å². The van der Waals surface area contributed by atoms with Crippen molar-refractivity contribution in [3.05, 3.63) is 42.5 Å². The molecule has 2 aromatic carbocycles. The number of nitrogens with one attached hydrogen (secondary N) is 2. The maximum absolute atomic E-state index is 12.9. The van der Waals surface area contributed by atoms with E-state index in [0.717, 1.165) is 10.6 Å². The van der Waals surface area contributed by atoms with Gasteiger partial charge in [0.1, 0.15) is 11.5 Å². The fourth-order valence-corrected chi connectivity index (χ4v) is 4.74. The molecule has 2 rings (SSSR count). The number of hydrogen-bond donors (Lipinski definition) is 2. The van der Waals surface area contributed by atoms with Gasteiger partial charge in [-0.15, -0.1) is 0 Å². The lowest BCUT2D eigenvalue weighted by Gasteiger charge is -2.20. The molecule has 0 spiro atoms. The molecular formula is C22H31N3O7S2. The molecule has 0 aliphatic heterocycles. The van der Waals surface area contributed by atoms with Crippen LogP contribution in [0.1, 0.15) is 27.2 Å². The summed E-state index contributed by atoms with van der Waals surface area (Å²) >= 11 is 0. The van der Waals surface area contributed by atoms with E-state index in [1.807, 2.05) is 0 Å². The first-order valence-corrected chi connectivity index (χ1v) is 13.8. The summed E-state index contributed by atoms with van der Waals surface area (Å²) in [6.45, 7) is 5.18. The molecule has 0 heterocycles.